The summed E-state index contributed by atoms with van der Waals surface area (Å²) in [5.41, 5.74) is 0. The fourth-order valence-corrected chi connectivity index (χ4v) is 0. The van der Waals surface area contributed by atoms with Crippen LogP contribution in [-0.4, -0.2) is 63.6 Å². The molecular weight excluding hydrogens is 430 g/mol. The van der Waals surface area contributed by atoms with E-state index in [4.69, 9.17) is 33.4 Å². The summed E-state index contributed by atoms with van der Waals surface area (Å²) in [4.78, 5) is 0. The second-order valence-corrected chi connectivity index (χ2v) is 3.19. The van der Waals surface area contributed by atoms with Gasteiger partial charge in [0.1, 0.15) is 0 Å². The van der Waals surface area contributed by atoms with E-state index in [1.54, 1.807) is 0 Å². The van der Waals surface area contributed by atoms with Crippen molar-refractivity contribution < 1.29 is 93.8 Å². The molecule has 0 aromatic heterocycles. The van der Waals surface area contributed by atoms with Crippen molar-refractivity contribution in [1.82, 2.24) is 0 Å². The fraction of sp³-hybridized carbons (Fsp3) is 0. The molecule has 0 aromatic rings. The van der Waals surface area contributed by atoms with Gasteiger partial charge in [0.15, 0.2) is 0 Å². The molecule has 0 bridgehead atoms. The predicted octanol–water partition coefficient (Wildman–Crippen LogP) is -2.93. The summed E-state index contributed by atoms with van der Waals surface area (Å²) in [5, 5.41) is 0. The monoisotopic (exact) mass is 436 g/mol. The zero-order chi connectivity index (χ0) is 9.00. The first-order valence-electron chi connectivity index (χ1n) is 1.40. The van der Waals surface area contributed by atoms with Gasteiger partial charge in [-0.3, -0.25) is 9.11 Å². The fourth-order valence-electron chi connectivity index (χ4n) is 0. The third-order valence-corrected chi connectivity index (χ3v) is 0. The van der Waals surface area contributed by atoms with Crippen LogP contribution in [0.5, 0.6) is 0 Å². The Kier molecular flexibility index (Phi) is 29.2. The summed E-state index contributed by atoms with van der Waals surface area (Å²) in [5.74, 6) is 0. The molecule has 0 fully saturated rings. The molecule has 8 nitrogen and oxygen atoms in total. The summed E-state index contributed by atoms with van der Waals surface area (Å²) in [6.07, 6.45) is 0. The van der Waals surface area contributed by atoms with Crippen molar-refractivity contribution in [2.75, 3.05) is 0 Å². The minimum absolute atomic E-state index is 0. The Morgan fingerprint density at radius 3 is 1.00 bits per heavy atom. The van der Waals surface area contributed by atoms with Gasteiger partial charge in [0.25, 0.3) is 0 Å². The topological polar surface area (TPSA) is 149 Å². The second kappa shape index (κ2) is 12.8. The normalized spacial score (nSPS) is 8.92. The quantitative estimate of drug-likeness (QED) is 0.233. The molecule has 4 N–H and O–H groups in total. The first kappa shape index (κ1) is 29.6. The molecule has 0 saturated carbocycles. The molecule has 13 heteroatoms. The van der Waals surface area contributed by atoms with E-state index in [1.807, 2.05) is 0 Å². The van der Waals surface area contributed by atoms with Crippen LogP contribution < -0.4 is 0 Å². The van der Waals surface area contributed by atoms with Crippen molar-refractivity contribution in [3.8, 4) is 0 Å². The van der Waals surface area contributed by atoms with E-state index in [-0.39, 0.29) is 84.5 Å². The maximum atomic E-state index is 8.82. The Morgan fingerprint density at radius 1 is 1.00 bits per heavy atom. The van der Waals surface area contributed by atoms with E-state index in [2.05, 4.69) is 0 Å². The van der Waals surface area contributed by atoms with Crippen LogP contribution in [0.2, 0.25) is 0 Å². The summed E-state index contributed by atoms with van der Waals surface area (Å²) >= 11 is -5.25. The molecule has 0 aliphatic rings. The Morgan fingerprint density at radius 2 is 1.00 bits per heavy atom. The van der Waals surface area contributed by atoms with E-state index < -0.39 is 24.0 Å². The molecule has 0 spiro atoms. The number of hydrogen-bond donors (Lipinski definition) is 4. The molecule has 0 unspecified atom stereocenters. The minimum atomic E-state index is -5.25. The minimum Gasteiger partial charge on any atom is 0 e. The SMILES string of the molecule is O=S(=O)(O)O.[CaH2].[Cd].[O]=[Cr](=[O])([OH])[OH].[Zn]. The predicted molar refractivity (Wildman–Crippen MR) is 28.5 cm³/mol. The van der Waals surface area contributed by atoms with Gasteiger partial charge in [-0.15, -0.1) is 0 Å². The Bertz CT molecular complexity index is 221. The zero-order valence-corrected chi connectivity index (χ0v) is 14.7. The van der Waals surface area contributed by atoms with E-state index >= 15 is 0 Å². The van der Waals surface area contributed by atoms with Crippen molar-refractivity contribution in [2.24, 2.45) is 0 Å². The Labute approximate surface area is 139 Å². The summed E-state index contributed by atoms with van der Waals surface area (Å²) in [7, 11) is -4.67. The van der Waals surface area contributed by atoms with Gasteiger partial charge in [-0.25, -0.2) is 0 Å². The molecular formula is H6CaCdCrO8SZn. The van der Waals surface area contributed by atoms with Gasteiger partial charge in [-0.2, -0.15) is 8.42 Å². The van der Waals surface area contributed by atoms with Gasteiger partial charge in [-0.05, 0) is 0 Å². The van der Waals surface area contributed by atoms with Gasteiger partial charge in [0, 0.05) is 46.8 Å². The van der Waals surface area contributed by atoms with Gasteiger partial charge in [0.2, 0.25) is 0 Å². The molecule has 0 rings (SSSR count). The standard InChI is InChI=1S/Ca.Cd.Cr.H2O4S.2H2O.2O.Zn.2H/c;;;1-5(2,3)4;;;;;;;/h;;;(H2,1,2,3,4);2*1H2;;;;;/q;;+2;;;;;;;;/p-2. The van der Waals surface area contributed by atoms with Crippen molar-refractivity contribution in [2.45, 2.75) is 0 Å². The van der Waals surface area contributed by atoms with Crippen LogP contribution in [0.4, 0.5) is 0 Å². The molecule has 0 saturated heterocycles. The third kappa shape index (κ3) is 321. The van der Waals surface area contributed by atoms with E-state index in [1.165, 1.54) is 0 Å². The van der Waals surface area contributed by atoms with Crippen LogP contribution in [0, 0.1) is 0 Å². The van der Waals surface area contributed by atoms with Crippen molar-refractivity contribution >= 4 is 48.1 Å². The number of rotatable bonds is 0. The molecule has 0 amide bonds. The molecule has 0 atom stereocenters. The average molecular weight is 436 g/mol. The maximum Gasteiger partial charge on any atom is 0 e. The zero-order valence-electron chi connectivity index (χ0n) is 5.65. The smallest absolute Gasteiger partial charge is 0 e. The summed E-state index contributed by atoms with van der Waals surface area (Å²) in [6, 6.07) is 0. The average Bonchev–Trinajstić information content (AvgIpc) is 1.12. The Hall–Kier alpha value is 2.73. The van der Waals surface area contributed by atoms with Gasteiger partial charge >= 0.3 is 77.7 Å². The van der Waals surface area contributed by atoms with Crippen molar-refractivity contribution in [3.63, 3.8) is 0 Å². The molecule has 0 aliphatic heterocycles. The summed E-state index contributed by atoms with van der Waals surface area (Å²) < 4.78 is 63.5. The van der Waals surface area contributed by atoms with E-state index in [0.29, 0.717) is 0 Å². The van der Waals surface area contributed by atoms with E-state index in [9.17, 15) is 0 Å². The van der Waals surface area contributed by atoms with Crippen LogP contribution in [-0.2, 0) is 78.4 Å². The first-order chi connectivity index (χ1) is 4.00. The maximum absolute atomic E-state index is 8.82. The molecule has 0 aromatic carbocycles. The Balaban J connectivity index is -0.0000000267. The van der Waals surface area contributed by atoms with E-state index in [0.717, 1.165) is 0 Å². The molecule has 72 valence electrons. The molecule has 0 aliphatic carbocycles. The second-order valence-electron chi connectivity index (χ2n) is 0.896. The molecule has 0 radical (unpaired) electrons. The van der Waals surface area contributed by atoms with Crippen LogP contribution in [0.3, 0.4) is 0 Å². The van der Waals surface area contributed by atoms with Crippen molar-refractivity contribution in [1.29, 1.82) is 0 Å². The molecule has 13 heavy (non-hydrogen) atoms. The van der Waals surface area contributed by atoms with Crippen LogP contribution in [0.15, 0.2) is 0 Å². The molecule has 0 heterocycles. The van der Waals surface area contributed by atoms with Crippen molar-refractivity contribution in [3.05, 3.63) is 0 Å². The largest absolute Gasteiger partial charge is 0 e. The van der Waals surface area contributed by atoms with Gasteiger partial charge < -0.3 is 0 Å². The number of hydrogen-bond acceptors (Lipinski definition) is 4. The van der Waals surface area contributed by atoms with Crippen LogP contribution in [0.1, 0.15) is 0 Å². The van der Waals surface area contributed by atoms with Crippen LogP contribution in [0.25, 0.3) is 0 Å². The third-order valence-electron chi connectivity index (χ3n) is 0. The van der Waals surface area contributed by atoms with Gasteiger partial charge in [0.05, 0.1) is 0 Å². The first-order valence-corrected chi connectivity index (χ1v) is 4.98. The van der Waals surface area contributed by atoms with Gasteiger partial charge in [-0.1, -0.05) is 0 Å². The summed E-state index contributed by atoms with van der Waals surface area (Å²) in [6.45, 7) is 0. The van der Waals surface area contributed by atoms with Crippen LogP contribution >= 0.6 is 0 Å².